The molecule has 38 heavy (non-hydrogen) atoms. The summed E-state index contributed by atoms with van der Waals surface area (Å²) in [7, 11) is 1.60. The summed E-state index contributed by atoms with van der Waals surface area (Å²) >= 11 is 0. The first-order chi connectivity index (χ1) is 18.4. The molecule has 3 aromatic rings. The molecule has 0 spiro atoms. The summed E-state index contributed by atoms with van der Waals surface area (Å²) in [6.07, 6.45) is 5.33. The zero-order valence-corrected chi connectivity index (χ0v) is 21.1. The summed E-state index contributed by atoms with van der Waals surface area (Å²) < 4.78 is 38.9. The van der Waals surface area contributed by atoms with Gasteiger partial charge in [-0.3, -0.25) is 9.78 Å². The van der Waals surface area contributed by atoms with Crippen LogP contribution in [0.4, 0.5) is 8.78 Å². The van der Waals surface area contributed by atoms with Gasteiger partial charge in [0.2, 0.25) is 5.91 Å². The van der Waals surface area contributed by atoms with Crippen LogP contribution in [0, 0.1) is 11.6 Å². The van der Waals surface area contributed by atoms with Gasteiger partial charge in [-0.2, -0.15) is 0 Å². The number of amides is 1. The molecule has 0 aliphatic carbocycles. The largest absolute Gasteiger partial charge is 0.495 e. The summed E-state index contributed by atoms with van der Waals surface area (Å²) in [5, 5.41) is 23.3. The Morgan fingerprint density at radius 2 is 2.11 bits per heavy atom. The summed E-state index contributed by atoms with van der Waals surface area (Å²) in [6, 6.07) is 10.5. The predicted octanol–water partition coefficient (Wildman–Crippen LogP) is 3.94. The number of carbonyl (C=O) groups excluding carboxylic acids is 1. The van der Waals surface area contributed by atoms with Crippen molar-refractivity contribution >= 4 is 22.9 Å². The summed E-state index contributed by atoms with van der Waals surface area (Å²) in [5.74, 6) is -1.04. The highest BCUT2D eigenvalue weighted by Gasteiger charge is 2.33. The van der Waals surface area contributed by atoms with Gasteiger partial charge in [0.15, 0.2) is 0 Å². The van der Waals surface area contributed by atoms with Gasteiger partial charge < -0.3 is 25.0 Å². The van der Waals surface area contributed by atoms with E-state index in [1.807, 2.05) is 18.2 Å². The Hall–Kier alpha value is -3.40. The SMILES string of the molecule is COc1cnc2cccc(CC[C@@H]3CC[C@@H](NC(=O)/C=C/c4cc(F)ccc4F)[C@@H](C[C@@H](O)CO)O3)c2c1. The van der Waals surface area contributed by atoms with E-state index in [4.69, 9.17) is 9.47 Å². The maximum absolute atomic E-state index is 13.9. The lowest BCUT2D eigenvalue weighted by atomic mass is 9.91. The second-order valence-electron chi connectivity index (χ2n) is 9.46. The van der Waals surface area contributed by atoms with Crippen molar-refractivity contribution in [2.24, 2.45) is 0 Å². The van der Waals surface area contributed by atoms with E-state index >= 15 is 0 Å². The monoisotopic (exact) mass is 526 g/mol. The van der Waals surface area contributed by atoms with Crippen molar-refractivity contribution in [2.45, 2.75) is 56.5 Å². The number of halogens is 2. The smallest absolute Gasteiger partial charge is 0.244 e. The van der Waals surface area contributed by atoms with Crippen LogP contribution in [0.1, 0.15) is 36.8 Å². The molecule has 0 radical (unpaired) electrons. The third kappa shape index (κ3) is 7.12. The standard InChI is InChI=1S/C29H32F2N2O5/c1-37-23-15-24-18(3-2-4-26(24)32-16-23)5-8-22-9-11-27(28(38-22)14-21(35)17-34)33-29(36)12-6-19-13-20(30)7-10-25(19)31/h2-4,6-7,10,12-13,15-16,21-22,27-28,34-35H,5,8-9,11,14,17H2,1H3,(H,33,36)/b12-6+/t21-,22-,27-,28-/m1/s1. The minimum atomic E-state index is -0.994. The highest BCUT2D eigenvalue weighted by molar-refractivity contribution is 5.92. The average Bonchev–Trinajstić information content (AvgIpc) is 2.93. The zero-order chi connectivity index (χ0) is 27.1. The van der Waals surface area contributed by atoms with Crippen LogP contribution in [0.15, 0.2) is 54.7 Å². The van der Waals surface area contributed by atoms with Crippen molar-refractivity contribution in [2.75, 3.05) is 13.7 Å². The minimum Gasteiger partial charge on any atom is -0.495 e. The number of hydrogen-bond acceptors (Lipinski definition) is 6. The third-order valence-electron chi connectivity index (χ3n) is 6.79. The highest BCUT2D eigenvalue weighted by Crippen LogP contribution is 2.28. The van der Waals surface area contributed by atoms with Gasteiger partial charge in [0.1, 0.15) is 17.4 Å². The molecule has 0 saturated carbocycles. The Morgan fingerprint density at radius 1 is 1.26 bits per heavy atom. The maximum atomic E-state index is 13.9. The highest BCUT2D eigenvalue weighted by atomic mass is 19.1. The second-order valence-corrected chi connectivity index (χ2v) is 9.46. The molecule has 202 valence electrons. The van der Waals surface area contributed by atoms with Crippen molar-refractivity contribution in [3.05, 3.63) is 77.5 Å². The molecule has 4 rings (SSSR count). The number of rotatable bonds is 10. The molecule has 1 aromatic heterocycles. The van der Waals surface area contributed by atoms with Gasteiger partial charge in [-0.15, -0.1) is 0 Å². The van der Waals surface area contributed by atoms with E-state index in [2.05, 4.69) is 16.4 Å². The topological polar surface area (TPSA) is 101 Å². The number of carbonyl (C=O) groups is 1. The average molecular weight is 527 g/mol. The van der Waals surface area contributed by atoms with Crippen LogP contribution in [0.25, 0.3) is 17.0 Å². The molecule has 3 N–H and O–H groups in total. The van der Waals surface area contributed by atoms with Gasteiger partial charge in [-0.1, -0.05) is 12.1 Å². The van der Waals surface area contributed by atoms with Crippen LogP contribution in [-0.2, 0) is 16.0 Å². The summed E-state index contributed by atoms with van der Waals surface area (Å²) in [6.45, 7) is -0.422. The number of nitrogens with zero attached hydrogens (tertiary/aromatic N) is 1. The lowest BCUT2D eigenvalue weighted by Crippen LogP contribution is -2.50. The molecular formula is C29H32F2N2O5. The van der Waals surface area contributed by atoms with E-state index < -0.39 is 42.4 Å². The number of aromatic nitrogens is 1. The number of benzene rings is 2. The van der Waals surface area contributed by atoms with Gasteiger partial charge in [-0.05, 0) is 67.7 Å². The fourth-order valence-electron chi connectivity index (χ4n) is 4.78. The third-order valence-corrected chi connectivity index (χ3v) is 6.79. The van der Waals surface area contributed by atoms with Crippen molar-refractivity contribution in [1.82, 2.24) is 10.3 Å². The van der Waals surface area contributed by atoms with Crippen LogP contribution in [-0.4, -0.2) is 59.2 Å². The number of fused-ring (bicyclic) bond motifs is 1. The number of ether oxygens (including phenoxy) is 2. The molecule has 9 heteroatoms. The van der Waals surface area contributed by atoms with Crippen LogP contribution in [0.5, 0.6) is 5.75 Å². The maximum Gasteiger partial charge on any atom is 0.244 e. The molecule has 1 saturated heterocycles. The first-order valence-corrected chi connectivity index (χ1v) is 12.7. The Labute approximate surface area is 220 Å². The number of aryl methyl sites for hydroxylation is 1. The zero-order valence-electron chi connectivity index (χ0n) is 21.1. The Kier molecular flexibility index (Phi) is 9.38. The Bertz CT molecular complexity index is 1290. The fourth-order valence-corrected chi connectivity index (χ4v) is 4.78. The van der Waals surface area contributed by atoms with Gasteiger partial charge in [0.05, 0.1) is 49.8 Å². The second kappa shape index (κ2) is 12.9. The molecule has 0 unspecified atom stereocenters. The van der Waals surface area contributed by atoms with E-state index in [1.165, 1.54) is 6.08 Å². The first kappa shape index (κ1) is 27.6. The van der Waals surface area contributed by atoms with Gasteiger partial charge in [-0.25, -0.2) is 8.78 Å². The van der Waals surface area contributed by atoms with Crippen molar-refractivity contribution in [3.8, 4) is 5.75 Å². The van der Waals surface area contributed by atoms with Gasteiger partial charge in [0.25, 0.3) is 0 Å². The van der Waals surface area contributed by atoms with E-state index in [-0.39, 0.29) is 18.1 Å². The number of methoxy groups -OCH3 is 1. The van der Waals surface area contributed by atoms with Crippen molar-refractivity contribution in [3.63, 3.8) is 0 Å². The number of aliphatic hydroxyl groups excluding tert-OH is 2. The summed E-state index contributed by atoms with van der Waals surface area (Å²) in [5.41, 5.74) is 1.97. The molecular weight excluding hydrogens is 494 g/mol. The molecule has 1 aliphatic rings. The minimum absolute atomic E-state index is 0.0337. The molecule has 4 atom stereocenters. The lowest BCUT2D eigenvalue weighted by Gasteiger charge is -2.38. The van der Waals surface area contributed by atoms with Crippen LogP contribution >= 0.6 is 0 Å². The summed E-state index contributed by atoms with van der Waals surface area (Å²) in [4.78, 5) is 17.0. The van der Waals surface area contributed by atoms with E-state index in [1.54, 1.807) is 13.3 Å². The Balaban J connectivity index is 1.40. The normalized spacial score (nSPS) is 20.5. The molecule has 1 amide bonds. The van der Waals surface area contributed by atoms with E-state index in [0.29, 0.717) is 18.6 Å². The fraction of sp³-hybridized carbons (Fsp3) is 0.379. The quantitative estimate of drug-likeness (QED) is 0.346. The molecule has 7 nitrogen and oxygen atoms in total. The van der Waals surface area contributed by atoms with Crippen LogP contribution in [0.3, 0.4) is 0 Å². The molecule has 0 bridgehead atoms. The number of nitrogens with one attached hydrogen (secondary N) is 1. The van der Waals surface area contributed by atoms with Gasteiger partial charge in [0, 0.05) is 23.4 Å². The van der Waals surface area contributed by atoms with Gasteiger partial charge >= 0.3 is 0 Å². The molecule has 2 heterocycles. The number of pyridine rings is 1. The molecule has 1 fully saturated rings. The lowest BCUT2D eigenvalue weighted by molar-refractivity contribution is -0.124. The van der Waals surface area contributed by atoms with Crippen molar-refractivity contribution < 1.29 is 33.3 Å². The van der Waals surface area contributed by atoms with E-state index in [0.717, 1.165) is 53.6 Å². The molecule has 1 aliphatic heterocycles. The van der Waals surface area contributed by atoms with Crippen molar-refractivity contribution in [1.29, 1.82) is 0 Å². The number of aliphatic hydroxyl groups is 2. The van der Waals surface area contributed by atoms with E-state index in [9.17, 15) is 23.8 Å². The first-order valence-electron chi connectivity index (χ1n) is 12.7. The molecule has 2 aromatic carbocycles. The number of hydrogen-bond donors (Lipinski definition) is 3. The Morgan fingerprint density at radius 3 is 2.89 bits per heavy atom. The predicted molar refractivity (Wildman–Crippen MR) is 140 cm³/mol. The van der Waals surface area contributed by atoms with Crippen LogP contribution in [0.2, 0.25) is 0 Å². The van der Waals surface area contributed by atoms with Crippen LogP contribution < -0.4 is 10.1 Å².